The van der Waals surface area contributed by atoms with Crippen molar-refractivity contribution in [3.05, 3.63) is 56.7 Å². The predicted octanol–water partition coefficient (Wildman–Crippen LogP) is 4.06. The molecule has 0 saturated carbocycles. The molecule has 3 rings (SSSR count). The first-order valence-corrected chi connectivity index (χ1v) is 10.7. The first-order valence-electron chi connectivity index (χ1n) is 8.88. The van der Waals surface area contributed by atoms with E-state index in [9.17, 15) is 9.59 Å². The van der Waals surface area contributed by atoms with Gasteiger partial charge in [-0.05, 0) is 55.8 Å². The van der Waals surface area contributed by atoms with Gasteiger partial charge in [0.2, 0.25) is 5.91 Å². The van der Waals surface area contributed by atoms with Crippen LogP contribution in [-0.2, 0) is 11.3 Å². The standard InChI is InChI=1S/C20H23N3O2S2/c1-5-23-19(25)18-16(8-9-26-18)22-20(23)27-11-17(24)21-14(4)15-7-6-12(2)13(3)10-15/h6-10,14H,5,11H2,1-4H3,(H,21,24). The van der Waals surface area contributed by atoms with E-state index in [0.717, 1.165) is 5.56 Å². The van der Waals surface area contributed by atoms with E-state index in [1.54, 1.807) is 4.57 Å². The van der Waals surface area contributed by atoms with Crippen molar-refractivity contribution in [2.24, 2.45) is 0 Å². The average Bonchev–Trinajstić information content (AvgIpc) is 3.11. The number of amides is 1. The van der Waals surface area contributed by atoms with Crippen molar-refractivity contribution in [1.29, 1.82) is 0 Å². The van der Waals surface area contributed by atoms with Gasteiger partial charge < -0.3 is 5.32 Å². The lowest BCUT2D eigenvalue weighted by molar-refractivity contribution is -0.119. The van der Waals surface area contributed by atoms with Crippen LogP contribution < -0.4 is 10.9 Å². The number of hydrogen-bond acceptors (Lipinski definition) is 5. The zero-order chi connectivity index (χ0) is 19.6. The second kappa shape index (κ2) is 8.27. The van der Waals surface area contributed by atoms with Crippen LogP contribution >= 0.6 is 23.1 Å². The lowest BCUT2D eigenvalue weighted by atomic mass is 10.0. The Bertz CT molecular complexity index is 1040. The van der Waals surface area contributed by atoms with E-state index in [0.29, 0.717) is 21.9 Å². The van der Waals surface area contributed by atoms with Crippen LogP contribution in [0.15, 0.2) is 39.6 Å². The molecule has 0 bridgehead atoms. The van der Waals surface area contributed by atoms with Crippen LogP contribution in [0, 0.1) is 13.8 Å². The van der Waals surface area contributed by atoms with Crippen LogP contribution in [0.1, 0.15) is 36.6 Å². The van der Waals surface area contributed by atoms with E-state index < -0.39 is 0 Å². The van der Waals surface area contributed by atoms with Gasteiger partial charge in [-0.15, -0.1) is 11.3 Å². The van der Waals surface area contributed by atoms with Gasteiger partial charge >= 0.3 is 0 Å². The van der Waals surface area contributed by atoms with Gasteiger partial charge in [-0.2, -0.15) is 0 Å². The molecule has 1 N–H and O–H groups in total. The average molecular weight is 402 g/mol. The second-order valence-corrected chi connectivity index (χ2v) is 8.36. The molecule has 1 atom stereocenters. The van der Waals surface area contributed by atoms with E-state index >= 15 is 0 Å². The van der Waals surface area contributed by atoms with Crippen molar-refractivity contribution in [2.45, 2.75) is 45.4 Å². The molecule has 0 aliphatic rings. The van der Waals surface area contributed by atoms with Gasteiger partial charge in [-0.25, -0.2) is 4.98 Å². The van der Waals surface area contributed by atoms with Gasteiger partial charge in [-0.1, -0.05) is 30.0 Å². The maximum absolute atomic E-state index is 12.5. The monoisotopic (exact) mass is 401 g/mol. The molecule has 0 aliphatic heterocycles. The molecule has 0 spiro atoms. The van der Waals surface area contributed by atoms with Crippen molar-refractivity contribution in [3.63, 3.8) is 0 Å². The number of fused-ring (bicyclic) bond motifs is 1. The van der Waals surface area contributed by atoms with Gasteiger partial charge in [0.05, 0.1) is 17.3 Å². The predicted molar refractivity (Wildman–Crippen MR) is 113 cm³/mol. The molecule has 0 aliphatic carbocycles. The first kappa shape index (κ1) is 19.6. The summed E-state index contributed by atoms with van der Waals surface area (Å²) < 4.78 is 2.29. The van der Waals surface area contributed by atoms with E-state index in [-0.39, 0.29) is 23.3 Å². The highest BCUT2D eigenvalue weighted by Crippen LogP contribution is 2.21. The summed E-state index contributed by atoms with van der Waals surface area (Å²) in [4.78, 5) is 29.5. The third kappa shape index (κ3) is 4.25. The zero-order valence-corrected chi connectivity index (χ0v) is 17.5. The van der Waals surface area contributed by atoms with E-state index in [4.69, 9.17) is 0 Å². The Hall–Kier alpha value is -2.12. The normalized spacial score (nSPS) is 12.3. The fraction of sp³-hybridized carbons (Fsp3) is 0.350. The molecule has 2 heterocycles. The van der Waals surface area contributed by atoms with Gasteiger partial charge in [0.15, 0.2) is 5.16 Å². The third-order valence-electron chi connectivity index (χ3n) is 4.59. The van der Waals surface area contributed by atoms with Crippen molar-refractivity contribution in [3.8, 4) is 0 Å². The van der Waals surface area contributed by atoms with Crippen LogP contribution in [0.25, 0.3) is 10.2 Å². The number of benzene rings is 1. The fourth-order valence-electron chi connectivity index (χ4n) is 2.84. The van der Waals surface area contributed by atoms with Crippen molar-refractivity contribution < 1.29 is 4.79 Å². The number of hydrogen-bond donors (Lipinski definition) is 1. The molecule has 2 aromatic heterocycles. The Morgan fingerprint density at radius 1 is 1.30 bits per heavy atom. The molecule has 142 valence electrons. The minimum absolute atomic E-state index is 0.0380. The topological polar surface area (TPSA) is 64.0 Å². The summed E-state index contributed by atoms with van der Waals surface area (Å²) >= 11 is 2.70. The molecule has 0 saturated heterocycles. The Balaban J connectivity index is 1.69. The molecule has 1 aromatic carbocycles. The number of rotatable bonds is 6. The number of nitrogens with zero attached hydrogens (tertiary/aromatic N) is 2. The molecule has 0 radical (unpaired) electrons. The van der Waals surface area contributed by atoms with Crippen LogP contribution in [0.5, 0.6) is 0 Å². The van der Waals surface area contributed by atoms with Gasteiger partial charge in [-0.3, -0.25) is 14.2 Å². The highest BCUT2D eigenvalue weighted by molar-refractivity contribution is 7.99. The smallest absolute Gasteiger partial charge is 0.272 e. The number of thiophene rings is 1. The second-order valence-electron chi connectivity index (χ2n) is 6.50. The zero-order valence-electron chi connectivity index (χ0n) is 15.9. The highest BCUT2D eigenvalue weighted by atomic mass is 32.2. The summed E-state index contributed by atoms with van der Waals surface area (Å²) in [6.07, 6.45) is 0. The van der Waals surface area contributed by atoms with Gasteiger partial charge in [0.25, 0.3) is 5.56 Å². The van der Waals surface area contributed by atoms with E-state index in [1.165, 1.54) is 34.2 Å². The molecule has 7 heteroatoms. The number of carbonyl (C=O) groups excluding carboxylic acids is 1. The third-order valence-corrected chi connectivity index (χ3v) is 6.46. The Labute approximate surface area is 166 Å². The number of aryl methyl sites for hydroxylation is 2. The minimum atomic E-state index is -0.0759. The molecular formula is C20H23N3O2S2. The summed E-state index contributed by atoms with van der Waals surface area (Å²) in [6.45, 7) is 8.56. The fourth-order valence-corrected chi connectivity index (χ4v) is 4.50. The van der Waals surface area contributed by atoms with E-state index in [2.05, 4.69) is 36.3 Å². The largest absolute Gasteiger partial charge is 0.349 e. The molecule has 5 nitrogen and oxygen atoms in total. The molecule has 1 amide bonds. The van der Waals surface area contributed by atoms with Crippen molar-refractivity contribution >= 4 is 39.2 Å². The van der Waals surface area contributed by atoms with Crippen LogP contribution in [0.3, 0.4) is 0 Å². The SMILES string of the molecule is CCn1c(SCC(=O)NC(C)c2ccc(C)c(C)c2)nc2ccsc2c1=O. The molecule has 27 heavy (non-hydrogen) atoms. The van der Waals surface area contributed by atoms with Gasteiger partial charge in [0, 0.05) is 6.54 Å². The Kier molecular flexibility index (Phi) is 6.01. The summed E-state index contributed by atoms with van der Waals surface area (Å²) in [7, 11) is 0. The number of nitrogens with one attached hydrogen (secondary N) is 1. The highest BCUT2D eigenvalue weighted by Gasteiger charge is 2.15. The minimum Gasteiger partial charge on any atom is -0.349 e. The number of thioether (sulfide) groups is 1. The molecular weight excluding hydrogens is 378 g/mol. The van der Waals surface area contributed by atoms with Crippen molar-refractivity contribution in [1.82, 2.24) is 14.9 Å². The number of aromatic nitrogens is 2. The van der Waals surface area contributed by atoms with Crippen LogP contribution in [-0.4, -0.2) is 21.2 Å². The lowest BCUT2D eigenvalue weighted by Crippen LogP contribution is -2.29. The molecule has 0 fully saturated rings. The maximum atomic E-state index is 12.5. The quantitative estimate of drug-likeness (QED) is 0.500. The Morgan fingerprint density at radius 3 is 2.78 bits per heavy atom. The van der Waals surface area contributed by atoms with Crippen LogP contribution in [0.4, 0.5) is 0 Å². The van der Waals surface area contributed by atoms with Gasteiger partial charge in [0.1, 0.15) is 4.70 Å². The summed E-state index contributed by atoms with van der Waals surface area (Å²) in [5.74, 6) is 0.144. The number of carbonyl (C=O) groups is 1. The van der Waals surface area contributed by atoms with E-state index in [1.807, 2.05) is 31.4 Å². The first-order chi connectivity index (χ1) is 12.9. The molecule has 3 aromatic rings. The maximum Gasteiger partial charge on any atom is 0.272 e. The molecule has 1 unspecified atom stereocenters. The Morgan fingerprint density at radius 2 is 2.07 bits per heavy atom. The summed E-state index contributed by atoms with van der Waals surface area (Å²) in [6, 6.07) is 7.99. The lowest BCUT2D eigenvalue weighted by Gasteiger charge is -2.16. The summed E-state index contributed by atoms with van der Waals surface area (Å²) in [5.41, 5.74) is 4.19. The summed E-state index contributed by atoms with van der Waals surface area (Å²) in [5, 5.41) is 5.48. The van der Waals surface area contributed by atoms with Crippen molar-refractivity contribution in [2.75, 3.05) is 5.75 Å². The van der Waals surface area contributed by atoms with Crippen LogP contribution in [0.2, 0.25) is 0 Å².